The van der Waals surface area contributed by atoms with Crippen molar-refractivity contribution >= 4 is 27.3 Å². The van der Waals surface area contributed by atoms with Crippen molar-refractivity contribution in [2.24, 2.45) is 0 Å². The largest absolute Gasteiger partial charge is 0.480 e. The molecule has 7 heteroatoms. The molecule has 1 aromatic heterocycles. The van der Waals surface area contributed by atoms with Crippen LogP contribution < -0.4 is 4.72 Å². The molecule has 5 nitrogen and oxygen atoms in total. The zero-order valence-corrected chi connectivity index (χ0v) is 9.69. The number of nitrogens with one attached hydrogen (secondary N) is 1. The molecule has 0 aliphatic rings. The van der Waals surface area contributed by atoms with Gasteiger partial charge in [0.1, 0.15) is 0 Å². The second-order valence-corrected chi connectivity index (χ2v) is 5.81. The van der Waals surface area contributed by atoms with Crippen LogP contribution in [0.4, 0.5) is 0 Å². The minimum absolute atomic E-state index is 0.152. The molecule has 0 fully saturated rings. The van der Waals surface area contributed by atoms with Crippen LogP contribution in [0.2, 0.25) is 0 Å². The number of aryl methyl sites for hydroxylation is 1. The van der Waals surface area contributed by atoms with Gasteiger partial charge < -0.3 is 5.11 Å². The number of aliphatic carboxylic acids is 1. The van der Waals surface area contributed by atoms with E-state index in [1.165, 1.54) is 11.3 Å². The lowest BCUT2D eigenvalue weighted by Gasteiger charge is -2.03. The molecule has 84 valence electrons. The molecule has 15 heavy (non-hydrogen) atoms. The lowest BCUT2D eigenvalue weighted by atomic mass is 10.3. The van der Waals surface area contributed by atoms with Crippen LogP contribution in [0.3, 0.4) is 0 Å². The average Bonchev–Trinajstić information content (AvgIpc) is 2.45. The molecular formula is C8H11NO4S2. The summed E-state index contributed by atoms with van der Waals surface area (Å²) >= 11 is 1.43. The van der Waals surface area contributed by atoms with Gasteiger partial charge in [-0.1, -0.05) is 0 Å². The highest BCUT2D eigenvalue weighted by Gasteiger charge is 2.15. The van der Waals surface area contributed by atoms with Crippen molar-refractivity contribution < 1.29 is 18.3 Å². The van der Waals surface area contributed by atoms with Gasteiger partial charge in [0, 0.05) is 11.4 Å². The molecule has 0 unspecified atom stereocenters. The Balaban J connectivity index is 2.58. The third-order valence-corrected chi connectivity index (χ3v) is 3.97. The van der Waals surface area contributed by atoms with Gasteiger partial charge >= 0.3 is 5.97 Å². The molecule has 0 spiro atoms. The minimum Gasteiger partial charge on any atom is -0.480 e. The summed E-state index contributed by atoms with van der Waals surface area (Å²) in [5.74, 6) is -2.25. The molecule has 0 aliphatic carbocycles. The highest BCUT2D eigenvalue weighted by molar-refractivity contribution is 7.90. The van der Waals surface area contributed by atoms with Gasteiger partial charge in [0.25, 0.3) is 0 Å². The monoisotopic (exact) mass is 249 g/mol. The fourth-order valence-corrected chi connectivity index (χ4v) is 2.70. The summed E-state index contributed by atoms with van der Waals surface area (Å²) in [6, 6.07) is 1.88. The number of rotatable bonds is 5. The van der Waals surface area contributed by atoms with Gasteiger partial charge in [0.05, 0.1) is 0 Å². The van der Waals surface area contributed by atoms with E-state index in [0.717, 1.165) is 10.4 Å². The van der Waals surface area contributed by atoms with Crippen LogP contribution in [0.5, 0.6) is 0 Å². The Morgan fingerprint density at radius 2 is 2.27 bits per heavy atom. The summed E-state index contributed by atoms with van der Waals surface area (Å²) in [4.78, 5) is 11.1. The van der Waals surface area contributed by atoms with Crippen LogP contribution in [0.1, 0.15) is 10.4 Å². The average molecular weight is 249 g/mol. The fourth-order valence-electron chi connectivity index (χ4n) is 0.974. The Bertz CT molecular complexity index is 449. The van der Waals surface area contributed by atoms with Crippen LogP contribution in [-0.4, -0.2) is 25.2 Å². The van der Waals surface area contributed by atoms with Gasteiger partial charge in [-0.05, 0) is 23.9 Å². The maximum Gasteiger partial charge on any atom is 0.320 e. The third kappa shape index (κ3) is 3.98. The number of sulfonamides is 1. The summed E-state index contributed by atoms with van der Waals surface area (Å²) in [7, 11) is -3.72. The van der Waals surface area contributed by atoms with E-state index in [1.807, 2.05) is 18.4 Å². The first-order chi connectivity index (χ1) is 6.91. The van der Waals surface area contributed by atoms with Gasteiger partial charge in [-0.2, -0.15) is 0 Å². The number of hydrogen-bond acceptors (Lipinski definition) is 4. The maximum absolute atomic E-state index is 11.2. The van der Waals surface area contributed by atoms with Crippen LogP contribution in [0.25, 0.3) is 0 Å². The van der Waals surface area contributed by atoms with Crippen molar-refractivity contribution in [2.75, 3.05) is 5.75 Å². The van der Waals surface area contributed by atoms with E-state index in [4.69, 9.17) is 5.11 Å². The summed E-state index contributed by atoms with van der Waals surface area (Å²) < 4.78 is 24.6. The first kappa shape index (κ1) is 12.2. The molecule has 0 aromatic carbocycles. The number of hydrogen-bond donors (Lipinski definition) is 2. The van der Waals surface area contributed by atoms with Gasteiger partial charge in [0.15, 0.2) is 5.75 Å². The Morgan fingerprint density at radius 3 is 2.73 bits per heavy atom. The lowest BCUT2D eigenvalue weighted by molar-refractivity contribution is -0.134. The lowest BCUT2D eigenvalue weighted by Crippen LogP contribution is -2.29. The van der Waals surface area contributed by atoms with Crippen LogP contribution in [0.15, 0.2) is 11.4 Å². The highest BCUT2D eigenvalue weighted by Crippen LogP contribution is 2.15. The van der Waals surface area contributed by atoms with Crippen molar-refractivity contribution in [1.29, 1.82) is 0 Å². The van der Waals surface area contributed by atoms with Gasteiger partial charge in [-0.3, -0.25) is 4.79 Å². The second-order valence-electron chi connectivity index (χ2n) is 3.00. The molecule has 0 atom stereocenters. The summed E-state index contributed by atoms with van der Waals surface area (Å²) in [5.41, 5.74) is 0.998. The van der Waals surface area contributed by atoms with E-state index in [-0.39, 0.29) is 6.54 Å². The number of carboxylic acids is 1. The Morgan fingerprint density at radius 1 is 1.60 bits per heavy atom. The van der Waals surface area contributed by atoms with E-state index in [9.17, 15) is 13.2 Å². The molecule has 0 radical (unpaired) electrons. The predicted octanol–water partition coefficient (Wildman–Crippen LogP) is 0.561. The van der Waals surface area contributed by atoms with Crippen LogP contribution >= 0.6 is 11.3 Å². The highest BCUT2D eigenvalue weighted by atomic mass is 32.2. The first-order valence-electron chi connectivity index (χ1n) is 4.13. The zero-order chi connectivity index (χ0) is 11.5. The number of carbonyl (C=O) groups is 1. The topological polar surface area (TPSA) is 83.5 Å². The molecule has 0 aliphatic heterocycles. The van der Waals surface area contributed by atoms with Crippen molar-refractivity contribution in [2.45, 2.75) is 13.5 Å². The molecule has 2 N–H and O–H groups in total. The molecule has 0 amide bonds. The Hall–Kier alpha value is -0.920. The quantitative estimate of drug-likeness (QED) is 0.798. The summed E-state index contributed by atoms with van der Waals surface area (Å²) in [5, 5.41) is 10.2. The zero-order valence-electron chi connectivity index (χ0n) is 8.06. The SMILES string of the molecule is Cc1ccsc1CNS(=O)(=O)CC(=O)O. The molecule has 0 saturated heterocycles. The van der Waals surface area contributed by atoms with Crippen LogP contribution in [0, 0.1) is 6.92 Å². The fraction of sp³-hybridized carbons (Fsp3) is 0.375. The predicted molar refractivity (Wildman–Crippen MR) is 57.3 cm³/mol. The molecular weight excluding hydrogens is 238 g/mol. The van der Waals surface area contributed by atoms with E-state index >= 15 is 0 Å². The smallest absolute Gasteiger partial charge is 0.320 e. The Kier molecular flexibility index (Phi) is 3.83. The number of thiophene rings is 1. The van der Waals surface area contributed by atoms with E-state index in [0.29, 0.717) is 0 Å². The van der Waals surface area contributed by atoms with E-state index in [2.05, 4.69) is 4.72 Å². The maximum atomic E-state index is 11.2. The standard InChI is InChI=1S/C8H11NO4S2/c1-6-2-3-14-7(6)4-9-15(12,13)5-8(10)11/h2-3,9H,4-5H2,1H3,(H,10,11). The van der Waals surface area contributed by atoms with E-state index < -0.39 is 21.7 Å². The van der Waals surface area contributed by atoms with Crippen molar-refractivity contribution in [3.05, 3.63) is 21.9 Å². The van der Waals surface area contributed by atoms with Crippen molar-refractivity contribution in [1.82, 2.24) is 4.72 Å². The second kappa shape index (κ2) is 4.73. The van der Waals surface area contributed by atoms with Gasteiger partial charge in [0.2, 0.25) is 10.0 Å². The van der Waals surface area contributed by atoms with Crippen molar-refractivity contribution in [3.63, 3.8) is 0 Å². The summed E-state index contributed by atoms with van der Waals surface area (Å²) in [6.07, 6.45) is 0. The molecule has 1 heterocycles. The minimum atomic E-state index is -3.72. The van der Waals surface area contributed by atoms with Crippen molar-refractivity contribution in [3.8, 4) is 0 Å². The normalized spacial score (nSPS) is 11.5. The molecule has 0 bridgehead atoms. The van der Waals surface area contributed by atoms with Gasteiger partial charge in [-0.25, -0.2) is 13.1 Å². The molecule has 0 saturated carbocycles. The third-order valence-electron chi connectivity index (χ3n) is 1.73. The number of carboxylic acid groups (broad SMARTS) is 1. The van der Waals surface area contributed by atoms with Crippen LogP contribution in [-0.2, 0) is 21.4 Å². The Labute approximate surface area is 91.8 Å². The summed E-state index contributed by atoms with van der Waals surface area (Å²) in [6.45, 7) is 2.02. The molecule has 1 aromatic rings. The van der Waals surface area contributed by atoms with Gasteiger partial charge in [-0.15, -0.1) is 11.3 Å². The first-order valence-corrected chi connectivity index (χ1v) is 6.66. The van der Waals surface area contributed by atoms with E-state index in [1.54, 1.807) is 0 Å². The molecule has 1 rings (SSSR count).